The van der Waals surface area contributed by atoms with E-state index in [1.165, 1.54) is 13.4 Å². The zero-order chi connectivity index (χ0) is 19.9. The van der Waals surface area contributed by atoms with E-state index in [0.717, 1.165) is 16.3 Å². The summed E-state index contributed by atoms with van der Waals surface area (Å²) < 4.78 is 11.1. The summed E-state index contributed by atoms with van der Waals surface area (Å²) in [6.07, 6.45) is 1.46. The highest BCUT2D eigenvalue weighted by atomic mass is 32.1. The van der Waals surface area contributed by atoms with Crippen molar-refractivity contribution >= 4 is 22.9 Å². The van der Waals surface area contributed by atoms with E-state index in [0.29, 0.717) is 23.5 Å². The van der Waals surface area contributed by atoms with Crippen molar-refractivity contribution in [3.63, 3.8) is 0 Å². The molecule has 0 saturated carbocycles. The van der Waals surface area contributed by atoms with Crippen molar-refractivity contribution in [1.29, 1.82) is 0 Å². The van der Waals surface area contributed by atoms with Crippen LogP contribution in [0.2, 0.25) is 0 Å². The first-order valence-corrected chi connectivity index (χ1v) is 9.65. The highest BCUT2D eigenvalue weighted by molar-refractivity contribution is 7.13. The molecule has 0 aliphatic rings. The maximum absolute atomic E-state index is 11.5. The molecule has 0 aliphatic carbocycles. The van der Waals surface area contributed by atoms with Crippen LogP contribution in [-0.4, -0.2) is 23.2 Å². The van der Waals surface area contributed by atoms with Crippen molar-refractivity contribution in [3.05, 3.63) is 77.5 Å². The number of hydrogen-bond donors (Lipinski definition) is 1. The van der Waals surface area contributed by atoms with E-state index in [-0.39, 0.29) is 0 Å². The minimum Gasteiger partial charge on any atom is -0.504 e. The van der Waals surface area contributed by atoms with Crippen LogP contribution in [0.1, 0.15) is 18.2 Å². The van der Waals surface area contributed by atoms with Gasteiger partial charge in [-0.05, 0) is 13.0 Å². The number of nitrogens with zero attached hydrogens (tertiary/aromatic N) is 1. The molecule has 6 heteroatoms. The number of aliphatic carboxylic acids is 1. The molecule has 28 heavy (non-hydrogen) atoms. The molecule has 0 spiro atoms. The molecule has 1 N–H and O–H groups in total. The molecule has 0 fully saturated rings. The number of thiazole rings is 1. The number of benzene rings is 2. The summed E-state index contributed by atoms with van der Waals surface area (Å²) >= 11 is 1.57. The molecule has 1 unspecified atom stereocenters. The minimum atomic E-state index is -0.926. The lowest BCUT2D eigenvalue weighted by Crippen LogP contribution is -2.12. The van der Waals surface area contributed by atoms with Gasteiger partial charge in [0.25, 0.3) is 0 Å². The molecule has 1 heterocycles. The van der Waals surface area contributed by atoms with E-state index in [2.05, 4.69) is 4.98 Å². The topological polar surface area (TPSA) is 68.7 Å². The van der Waals surface area contributed by atoms with Gasteiger partial charge in [-0.2, -0.15) is 0 Å². The number of methoxy groups -OCH3 is 1. The van der Waals surface area contributed by atoms with E-state index in [1.807, 2.05) is 60.0 Å². The average molecular weight is 395 g/mol. The van der Waals surface area contributed by atoms with Crippen LogP contribution < -0.4 is 4.74 Å². The Balaban J connectivity index is 1.80. The molecule has 1 atom stereocenters. The van der Waals surface area contributed by atoms with Gasteiger partial charge in [0, 0.05) is 22.1 Å². The van der Waals surface area contributed by atoms with Gasteiger partial charge in [0.2, 0.25) is 0 Å². The van der Waals surface area contributed by atoms with Crippen molar-refractivity contribution in [2.45, 2.75) is 13.5 Å². The second-order valence-corrected chi connectivity index (χ2v) is 7.02. The highest BCUT2D eigenvalue weighted by Gasteiger charge is 2.21. The monoisotopic (exact) mass is 395 g/mol. The molecule has 0 aliphatic heterocycles. The van der Waals surface area contributed by atoms with E-state index in [1.54, 1.807) is 18.3 Å². The Morgan fingerprint density at radius 3 is 2.61 bits per heavy atom. The lowest BCUT2D eigenvalue weighted by atomic mass is 9.94. The SMILES string of the molecule is CO/C=C(\c1ccccc1OCc1csc(-c2ccccc2)n1)C(C)C(=O)O. The molecule has 1 aromatic heterocycles. The van der Waals surface area contributed by atoms with Crippen molar-refractivity contribution in [1.82, 2.24) is 4.98 Å². The molecule has 144 valence electrons. The van der Waals surface area contributed by atoms with E-state index >= 15 is 0 Å². The third kappa shape index (κ3) is 4.58. The smallest absolute Gasteiger partial charge is 0.310 e. The van der Waals surface area contributed by atoms with E-state index in [4.69, 9.17) is 9.47 Å². The van der Waals surface area contributed by atoms with Gasteiger partial charge in [-0.1, -0.05) is 48.5 Å². The second kappa shape index (κ2) is 9.19. The Labute approximate surface area is 167 Å². The van der Waals surface area contributed by atoms with Gasteiger partial charge in [-0.15, -0.1) is 11.3 Å². The summed E-state index contributed by atoms with van der Waals surface area (Å²) in [4.78, 5) is 16.1. The zero-order valence-electron chi connectivity index (χ0n) is 15.7. The lowest BCUT2D eigenvalue weighted by molar-refractivity contribution is -0.139. The number of carboxylic acid groups (broad SMARTS) is 1. The Kier molecular flexibility index (Phi) is 6.45. The fourth-order valence-electron chi connectivity index (χ4n) is 2.73. The summed E-state index contributed by atoms with van der Waals surface area (Å²) in [6, 6.07) is 17.3. The maximum atomic E-state index is 11.5. The van der Waals surface area contributed by atoms with E-state index < -0.39 is 11.9 Å². The zero-order valence-corrected chi connectivity index (χ0v) is 16.5. The number of aromatic nitrogens is 1. The van der Waals surface area contributed by atoms with Crippen LogP contribution in [-0.2, 0) is 16.1 Å². The maximum Gasteiger partial charge on any atom is 0.310 e. The number of hydrogen-bond acceptors (Lipinski definition) is 5. The van der Waals surface area contributed by atoms with Gasteiger partial charge in [0.05, 0.1) is 25.0 Å². The summed E-state index contributed by atoms with van der Waals surface area (Å²) in [7, 11) is 1.50. The number of rotatable bonds is 8. The largest absolute Gasteiger partial charge is 0.504 e. The van der Waals surface area contributed by atoms with Gasteiger partial charge in [0.1, 0.15) is 17.4 Å². The fraction of sp³-hybridized carbons (Fsp3) is 0.182. The first kappa shape index (κ1) is 19.6. The van der Waals surface area contributed by atoms with Crippen molar-refractivity contribution in [3.8, 4) is 16.3 Å². The van der Waals surface area contributed by atoms with Gasteiger partial charge in [-0.25, -0.2) is 4.98 Å². The molecule has 3 aromatic rings. The molecule has 2 aromatic carbocycles. The highest BCUT2D eigenvalue weighted by Crippen LogP contribution is 2.32. The average Bonchev–Trinajstić information content (AvgIpc) is 3.20. The van der Waals surface area contributed by atoms with Crippen molar-refractivity contribution < 1.29 is 19.4 Å². The number of ether oxygens (including phenoxy) is 2. The van der Waals surface area contributed by atoms with E-state index in [9.17, 15) is 9.90 Å². The molecule has 0 bridgehead atoms. The Bertz CT molecular complexity index is 965. The van der Waals surface area contributed by atoms with Crippen LogP contribution in [0.25, 0.3) is 16.1 Å². The molecule has 0 radical (unpaired) electrons. The third-order valence-electron chi connectivity index (χ3n) is 4.23. The Morgan fingerprint density at radius 2 is 1.89 bits per heavy atom. The van der Waals surface area contributed by atoms with Crippen LogP contribution in [0.4, 0.5) is 0 Å². The molecular weight excluding hydrogens is 374 g/mol. The standard InChI is InChI=1S/C22H21NO4S/c1-15(22(24)25)19(13-26-2)18-10-6-7-11-20(18)27-12-17-14-28-21(23-17)16-8-4-3-5-9-16/h3-11,13-15H,12H2,1-2H3,(H,24,25)/b19-13-. The van der Waals surface area contributed by atoms with Crippen LogP contribution in [0.5, 0.6) is 5.75 Å². The van der Waals surface area contributed by atoms with Crippen molar-refractivity contribution in [2.24, 2.45) is 5.92 Å². The summed E-state index contributed by atoms with van der Waals surface area (Å²) in [5.41, 5.74) is 3.13. The third-order valence-corrected chi connectivity index (χ3v) is 5.17. The van der Waals surface area contributed by atoms with Crippen LogP contribution in [0.3, 0.4) is 0 Å². The first-order chi connectivity index (χ1) is 13.6. The van der Waals surface area contributed by atoms with Crippen molar-refractivity contribution in [2.75, 3.05) is 7.11 Å². The first-order valence-electron chi connectivity index (χ1n) is 8.78. The summed E-state index contributed by atoms with van der Waals surface area (Å²) in [5, 5.41) is 12.3. The fourth-order valence-corrected chi connectivity index (χ4v) is 3.54. The number of carboxylic acids is 1. The molecule has 5 nitrogen and oxygen atoms in total. The summed E-state index contributed by atoms with van der Waals surface area (Å²) in [5.74, 6) is -1.06. The second-order valence-electron chi connectivity index (χ2n) is 6.16. The normalized spacial score (nSPS) is 12.4. The molecule has 3 rings (SSSR count). The Morgan fingerprint density at radius 1 is 1.18 bits per heavy atom. The molecule has 0 saturated heterocycles. The quantitative estimate of drug-likeness (QED) is 0.538. The van der Waals surface area contributed by atoms with Gasteiger partial charge in [-0.3, -0.25) is 4.79 Å². The predicted octanol–water partition coefficient (Wildman–Crippen LogP) is 5.10. The lowest BCUT2D eigenvalue weighted by Gasteiger charge is -2.16. The minimum absolute atomic E-state index is 0.294. The number of carbonyl (C=O) groups is 1. The number of para-hydroxylation sites is 1. The predicted molar refractivity (Wildman–Crippen MR) is 110 cm³/mol. The van der Waals surface area contributed by atoms with Crippen LogP contribution in [0, 0.1) is 5.92 Å². The molecule has 0 amide bonds. The molecular formula is C22H21NO4S. The Hall–Kier alpha value is -3.12. The van der Waals surface area contributed by atoms with Crippen LogP contribution in [0.15, 0.2) is 66.2 Å². The van der Waals surface area contributed by atoms with Gasteiger partial charge < -0.3 is 14.6 Å². The van der Waals surface area contributed by atoms with Gasteiger partial charge in [0.15, 0.2) is 0 Å². The van der Waals surface area contributed by atoms with Gasteiger partial charge >= 0.3 is 5.97 Å². The van der Waals surface area contributed by atoms with Crippen LogP contribution >= 0.6 is 11.3 Å². The summed E-state index contributed by atoms with van der Waals surface area (Å²) in [6.45, 7) is 1.92.